The number of hydrogen-bond acceptors (Lipinski definition) is 7. The van der Waals surface area contributed by atoms with Crippen LogP contribution in [0.4, 0.5) is 0 Å². The Labute approximate surface area is 150 Å². The van der Waals surface area contributed by atoms with Crippen LogP contribution in [0.1, 0.15) is 22.7 Å². The predicted octanol–water partition coefficient (Wildman–Crippen LogP) is 2.02. The van der Waals surface area contributed by atoms with Crippen LogP contribution >= 0.6 is 11.3 Å². The van der Waals surface area contributed by atoms with Gasteiger partial charge in [0.1, 0.15) is 9.97 Å². The molecule has 0 N–H and O–H groups in total. The number of methoxy groups -OCH3 is 1. The summed E-state index contributed by atoms with van der Waals surface area (Å²) >= 11 is 1.24. The molecule has 0 aromatic carbocycles. The lowest BCUT2D eigenvalue weighted by molar-refractivity contribution is 0.0561. The highest BCUT2D eigenvalue weighted by atomic mass is 32.2. The van der Waals surface area contributed by atoms with Gasteiger partial charge < -0.3 is 9.15 Å². The van der Waals surface area contributed by atoms with Gasteiger partial charge in [-0.3, -0.25) is 4.90 Å². The smallest absolute Gasteiger partial charge is 0.373 e. The second-order valence-corrected chi connectivity index (χ2v) is 8.84. The van der Waals surface area contributed by atoms with Crippen molar-refractivity contribution in [3.05, 3.63) is 41.2 Å². The molecular weight excluding hydrogens is 364 g/mol. The Morgan fingerprint density at radius 3 is 2.80 bits per heavy atom. The lowest BCUT2D eigenvalue weighted by atomic mass is 10.3. The zero-order valence-corrected chi connectivity index (χ0v) is 15.5. The predicted molar refractivity (Wildman–Crippen MR) is 93.0 cm³/mol. The first-order valence-corrected chi connectivity index (χ1v) is 10.3. The van der Waals surface area contributed by atoms with Crippen LogP contribution in [0, 0.1) is 0 Å². The molecule has 0 spiro atoms. The third kappa shape index (κ3) is 4.12. The van der Waals surface area contributed by atoms with E-state index in [0.29, 0.717) is 36.1 Å². The molecule has 0 saturated carbocycles. The minimum absolute atomic E-state index is 0.175. The standard InChI is InChI=1S/C16H20N2O5S2/c1-22-16(19)14-6-5-13(23-14)12-17-7-3-8-18(10-9-17)25(20,21)15-4-2-11-24-15/h2,4-6,11H,3,7-10,12H2,1H3. The summed E-state index contributed by atoms with van der Waals surface area (Å²) in [4.78, 5) is 13.6. The fourth-order valence-electron chi connectivity index (χ4n) is 2.78. The molecule has 0 atom stereocenters. The summed E-state index contributed by atoms with van der Waals surface area (Å²) in [5.41, 5.74) is 0. The van der Waals surface area contributed by atoms with Gasteiger partial charge in [-0.1, -0.05) is 6.07 Å². The van der Waals surface area contributed by atoms with Crippen molar-refractivity contribution in [2.75, 3.05) is 33.3 Å². The van der Waals surface area contributed by atoms with Crippen molar-refractivity contribution in [1.82, 2.24) is 9.21 Å². The lowest BCUT2D eigenvalue weighted by Crippen LogP contribution is -2.34. The number of thiophene rings is 1. The molecule has 0 unspecified atom stereocenters. The number of carbonyl (C=O) groups excluding carboxylic acids is 1. The number of esters is 1. The zero-order chi connectivity index (χ0) is 17.9. The van der Waals surface area contributed by atoms with E-state index >= 15 is 0 Å². The molecule has 1 aliphatic heterocycles. The van der Waals surface area contributed by atoms with Crippen LogP contribution in [0.5, 0.6) is 0 Å². The maximum Gasteiger partial charge on any atom is 0.373 e. The molecule has 1 fully saturated rings. The Hall–Kier alpha value is -1.68. The average molecular weight is 384 g/mol. The minimum atomic E-state index is -3.41. The zero-order valence-electron chi connectivity index (χ0n) is 13.9. The number of sulfonamides is 1. The number of ether oxygens (including phenoxy) is 1. The molecule has 0 bridgehead atoms. The van der Waals surface area contributed by atoms with Gasteiger partial charge in [0.25, 0.3) is 10.0 Å². The summed E-state index contributed by atoms with van der Waals surface area (Å²) in [6.45, 7) is 2.85. The van der Waals surface area contributed by atoms with Crippen LogP contribution < -0.4 is 0 Å². The Balaban J connectivity index is 1.62. The van der Waals surface area contributed by atoms with Crippen LogP contribution in [0.25, 0.3) is 0 Å². The Kier molecular flexibility index (Phi) is 5.57. The first kappa shape index (κ1) is 18.1. The topological polar surface area (TPSA) is 80.1 Å². The molecule has 136 valence electrons. The third-order valence-corrected chi connectivity index (χ3v) is 7.34. The van der Waals surface area contributed by atoms with Gasteiger partial charge in [-0.25, -0.2) is 13.2 Å². The normalized spacial score (nSPS) is 17.3. The van der Waals surface area contributed by atoms with Gasteiger partial charge in [0.15, 0.2) is 0 Å². The third-order valence-electron chi connectivity index (χ3n) is 4.06. The van der Waals surface area contributed by atoms with Gasteiger partial charge in [-0.05, 0) is 36.5 Å². The van der Waals surface area contributed by atoms with E-state index in [4.69, 9.17) is 4.42 Å². The maximum absolute atomic E-state index is 12.6. The molecule has 9 heteroatoms. The van der Waals surface area contributed by atoms with Gasteiger partial charge in [0.05, 0.1) is 13.7 Å². The van der Waals surface area contributed by atoms with Gasteiger partial charge in [0, 0.05) is 19.6 Å². The Morgan fingerprint density at radius 1 is 1.24 bits per heavy atom. The summed E-state index contributed by atoms with van der Waals surface area (Å²) in [6.07, 6.45) is 0.745. The number of nitrogens with zero attached hydrogens (tertiary/aromatic N) is 2. The molecule has 7 nitrogen and oxygen atoms in total. The molecule has 0 radical (unpaired) electrons. The van der Waals surface area contributed by atoms with E-state index in [2.05, 4.69) is 9.64 Å². The Morgan fingerprint density at radius 2 is 2.08 bits per heavy atom. The SMILES string of the molecule is COC(=O)c1ccc(CN2CCCN(S(=O)(=O)c3cccs3)CC2)o1. The molecule has 3 heterocycles. The van der Waals surface area contributed by atoms with E-state index in [1.807, 2.05) is 0 Å². The highest BCUT2D eigenvalue weighted by Gasteiger charge is 2.27. The van der Waals surface area contributed by atoms with E-state index in [-0.39, 0.29) is 5.76 Å². The molecule has 2 aromatic heterocycles. The summed E-state index contributed by atoms with van der Waals surface area (Å²) in [6, 6.07) is 6.72. The number of rotatable bonds is 5. The van der Waals surface area contributed by atoms with Crippen molar-refractivity contribution >= 4 is 27.3 Å². The van der Waals surface area contributed by atoms with Crippen molar-refractivity contribution in [2.24, 2.45) is 0 Å². The van der Waals surface area contributed by atoms with E-state index in [1.54, 1.807) is 34.0 Å². The van der Waals surface area contributed by atoms with Crippen molar-refractivity contribution in [3.63, 3.8) is 0 Å². The fourth-order valence-corrected chi connectivity index (χ4v) is 5.39. The summed E-state index contributed by atoms with van der Waals surface area (Å²) in [5, 5.41) is 1.77. The van der Waals surface area contributed by atoms with Crippen LogP contribution in [0.2, 0.25) is 0 Å². The molecule has 0 aliphatic carbocycles. The van der Waals surface area contributed by atoms with Gasteiger partial charge in [-0.2, -0.15) is 4.31 Å². The van der Waals surface area contributed by atoms with Gasteiger partial charge >= 0.3 is 5.97 Å². The van der Waals surface area contributed by atoms with E-state index in [9.17, 15) is 13.2 Å². The monoisotopic (exact) mass is 384 g/mol. The van der Waals surface area contributed by atoms with Gasteiger partial charge in [0.2, 0.25) is 5.76 Å². The molecule has 1 saturated heterocycles. The first-order chi connectivity index (χ1) is 12.0. The molecule has 1 aliphatic rings. The van der Waals surface area contributed by atoms with Crippen molar-refractivity contribution < 1.29 is 22.4 Å². The van der Waals surface area contributed by atoms with Crippen LogP contribution in [-0.4, -0.2) is 56.9 Å². The van der Waals surface area contributed by atoms with E-state index < -0.39 is 16.0 Å². The second-order valence-electron chi connectivity index (χ2n) is 5.72. The summed E-state index contributed by atoms with van der Waals surface area (Å²) in [7, 11) is -2.10. The summed E-state index contributed by atoms with van der Waals surface area (Å²) < 4.78 is 37.3. The highest BCUT2D eigenvalue weighted by molar-refractivity contribution is 7.91. The quantitative estimate of drug-likeness (QED) is 0.734. The molecule has 2 aromatic rings. The highest BCUT2D eigenvalue weighted by Crippen LogP contribution is 2.22. The summed E-state index contributed by atoms with van der Waals surface area (Å²) in [5.74, 6) is 0.333. The van der Waals surface area contributed by atoms with Crippen LogP contribution in [0.3, 0.4) is 0 Å². The van der Waals surface area contributed by atoms with E-state index in [0.717, 1.165) is 13.0 Å². The maximum atomic E-state index is 12.6. The van der Waals surface area contributed by atoms with Crippen molar-refractivity contribution in [3.8, 4) is 0 Å². The second kappa shape index (κ2) is 7.69. The lowest BCUT2D eigenvalue weighted by Gasteiger charge is -2.20. The van der Waals surface area contributed by atoms with Crippen LogP contribution in [-0.2, 0) is 21.3 Å². The Bertz CT molecular complexity index is 813. The van der Waals surface area contributed by atoms with E-state index in [1.165, 1.54) is 18.4 Å². The van der Waals surface area contributed by atoms with Gasteiger partial charge in [-0.15, -0.1) is 11.3 Å². The molecule has 0 amide bonds. The van der Waals surface area contributed by atoms with Crippen molar-refractivity contribution in [2.45, 2.75) is 17.2 Å². The molecule has 25 heavy (non-hydrogen) atoms. The number of furan rings is 1. The van der Waals surface area contributed by atoms with Crippen LogP contribution in [0.15, 0.2) is 38.3 Å². The average Bonchev–Trinajstić information content (AvgIpc) is 3.24. The largest absolute Gasteiger partial charge is 0.463 e. The number of hydrogen-bond donors (Lipinski definition) is 0. The molecule has 3 rings (SSSR count). The number of carbonyl (C=O) groups is 1. The van der Waals surface area contributed by atoms with Crippen molar-refractivity contribution in [1.29, 1.82) is 0 Å². The first-order valence-electron chi connectivity index (χ1n) is 7.94. The minimum Gasteiger partial charge on any atom is -0.463 e. The fraction of sp³-hybridized carbons (Fsp3) is 0.438. The molecular formula is C16H20N2O5S2.